The topological polar surface area (TPSA) is 91.1 Å². The molecule has 0 aromatic heterocycles. The highest BCUT2D eigenvalue weighted by Gasteiger charge is 2.17. The standard InChI is InChI=1S/C22H29N3O3S/c1-5-6-7-21(24-26)22(19-12-10-18(11-13-19)16(2)3)23-25-29(27,28)20-14-8-17(4)9-15-20/h8-16,25-26H,5-7H2,1-4H3. The molecule has 0 fully saturated rings. The summed E-state index contributed by atoms with van der Waals surface area (Å²) in [4.78, 5) is 2.41. The van der Waals surface area contributed by atoms with Crippen molar-refractivity contribution >= 4 is 21.4 Å². The molecule has 7 heteroatoms. The largest absolute Gasteiger partial charge is 0.411 e. The molecule has 0 aliphatic carbocycles. The molecule has 0 saturated heterocycles. The smallest absolute Gasteiger partial charge is 0.276 e. The maximum atomic E-state index is 12.6. The van der Waals surface area contributed by atoms with Crippen LogP contribution >= 0.6 is 0 Å². The summed E-state index contributed by atoms with van der Waals surface area (Å²) in [5.41, 5.74) is 3.46. The third-order valence-electron chi connectivity index (χ3n) is 4.62. The van der Waals surface area contributed by atoms with Crippen LogP contribution in [0.1, 0.15) is 62.6 Å². The summed E-state index contributed by atoms with van der Waals surface area (Å²) in [7, 11) is -3.84. The molecule has 0 amide bonds. The van der Waals surface area contributed by atoms with E-state index in [2.05, 4.69) is 28.9 Å². The van der Waals surface area contributed by atoms with Crippen LogP contribution in [0.25, 0.3) is 0 Å². The van der Waals surface area contributed by atoms with Crippen LogP contribution in [-0.4, -0.2) is 25.0 Å². The average molecular weight is 416 g/mol. The van der Waals surface area contributed by atoms with Crippen molar-refractivity contribution in [2.45, 2.75) is 57.8 Å². The molecule has 6 nitrogen and oxygen atoms in total. The number of hydrazone groups is 1. The minimum atomic E-state index is -3.84. The molecule has 29 heavy (non-hydrogen) atoms. The highest BCUT2D eigenvalue weighted by atomic mass is 32.2. The predicted octanol–water partition coefficient (Wildman–Crippen LogP) is 4.82. The molecular formula is C22H29N3O3S. The summed E-state index contributed by atoms with van der Waals surface area (Å²) in [6.07, 6.45) is 2.20. The Morgan fingerprint density at radius 3 is 2.21 bits per heavy atom. The second kappa shape index (κ2) is 10.2. The second-order valence-electron chi connectivity index (χ2n) is 7.30. The van der Waals surface area contributed by atoms with Gasteiger partial charge in [-0.1, -0.05) is 74.3 Å². The zero-order valence-corrected chi connectivity index (χ0v) is 18.2. The van der Waals surface area contributed by atoms with Gasteiger partial charge in [-0.2, -0.15) is 18.4 Å². The molecule has 0 unspecified atom stereocenters. The van der Waals surface area contributed by atoms with E-state index in [9.17, 15) is 13.6 Å². The van der Waals surface area contributed by atoms with E-state index in [1.807, 2.05) is 38.1 Å². The van der Waals surface area contributed by atoms with E-state index in [1.165, 1.54) is 12.1 Å². The van der Waals surface area contributed by atoms with Crippen molar-refractivity contribution in [2.24, 2.45) is 10.3 Å². The highest BCUT2D eigenvalue weighted by molar-refractivity contribution is 7.89. The van der Waals surface area contributed by atoms with Crippen LogP contribution in [0.5, 0.6) is 0 Å². The minimum absolute atomic E-state index is 0.123. The fourth-order valence-corrected chi connectivity index (χ4v) is 3.57. The molecule has 156 valence electrons. The Hall–Kier alpha value is -2.67. The molecule has 0 heterocycles. The summed E-state index contributed by atoms with van der Waals surface area (Å²) in [6, 6.07) is 14.2. The summed E-state index contributed by atoms with van der Waals surface area (Å²) in [5, 5.41) is 17.1. The van der Waals surface area contributed by atoms with E-state index >= 15 is 0 Å². The second-order valence-corrected chi connectivity index (χ2v) is 8.96. The third kappa shape index (κ3) is 6.15. The van der Waals surface area contributed by atoms with Gasteiger partial charge in [0.2, 0.25) is 0 Å². The van der Waals surface area contributed by atoms with Gasteiger partial charge in [0.05, 0.1) is 4.90 Å². The average Bonchev–Trinajstić information content (AvgIpc) is 2.71. The molecule has 2 rings (SSSR count). The predicted molar refractivity (Wildman–Crippen MR) is 117 cm³/mol. The first-order chi connectivity index (χ1) is 13.8. The van der Waals surface area contributed by atoms with Gasteiger partial charge in [0.25, 0.3) is 10.0 Å². The van der Waals surface area contributed by atoms with E-state index in [1.54, 1.807) is 12.1 Å². The molecule has 0 aliphatic heterocycles. The number of benzene rings is 2. The molecule has 0 radical (unpaired) electrons. The van der Waals surface area contributed by atoms with E-state index in [4.69, 9.17) is 0 Å². The Balaban J connectivity index is 2.41. The zero-order chi connectivity index (χ0) is 21.4. The quantitative estimate of drug-likeness (QED) is 0.349. The number of unbranched alkanes of at least 4 members (excludes halogenated alkanes) is 1. The van der Waals surface area contributed by atoms with Crippen molar-refractivity contribution in [3.05, 3.63) is 65.2 Å². The van der Waals surface area contributed by atoms with Crippen LogP contribution in [0.2, 0.25) is 0 Å². The van der Waals surface area contributed by atoms with Crippen molar-refractivity contribution in [1.82, 2.24) is 4.83 Å². The van der Waals surface area contributed by atoms with E-state index in [0.717, 1.165) is 24.0 Å². The number of nitrogens with zero attached hydrogens (tertiary/aromatic N) is 2. The van der Waals surface area contributed by atoms with Crippen LogP contribution in [0, 0.1) is 6.92 Å². The van der Waals surface area contributed by atoms with Crippen molar-refractivity contribution in [3.8, 4) is 0 Å². The van der Waals surface area contributed by atoms with Crippen LogP contribution in [0.15, 0.2) is 63.7 Å². The molecule has 0 saturated carbocycles. The van der Waals surface area contributed by atoms with Gasteiger partial charge in [0.1, 0.15) is 11.4 Å². The fraction of sp³-hybridized carbons (Fsp3) is 0.364. The van der Waals surface area contributed by atoms with Gasteiger partial charge < -0.3 is 5.21 Å². The lowest BCUT2D eigenvalue weighted by Crippen LogP contribution is -2.24. The fourth-order valence-electron chi connectivity index (χ4n) is 2.76. The normalized spacial score (nSPS) is 13.0. The number of oxime groups is 1. The third-order valence-corrected chi connectivity index (χ3v) is 5.85. The Labute approximate surface area is 173 Å². The Bertz CT molecular complexity index is 961. The molecule has 0 bridgehead atoms. The first kappa shape index (κ1) is 22.6. The Kier molecular flexibility index (Phi) is 7.96. The van der Waals surface area contributed by atoms with E-state index < -0.39 is 10.0 Å². The van der Waals surface area contributed by atoms with Gasteiger partial charge in [-0.25, -0.2) is 0 Å². The van der Waals surface area contributed by atoms with Crippen molar-refractivity contribution in [2.75, 3.05) is 0 Å². The van der Waals surface area contributed by atoms with E-state index in [0.29, 0.717) is 29.3 Å². The van der Waals surface area contributed by atoms with Gasteiger partial charge in [-0.05, 0) is 43.4 Å². The van der Waals surface area contributed by atoms with Crippen LogP contribution in [-0.2, 0) is 10.0 Å². The Morgan fingerprint density at radius 2 is 1.69 bits per heavy atom. The monoisotopic (exact) mass is 415 g/mol. The number of hydrogen-bond acceptors (Lipinski definition) is 5. The van der Waals surface area contributed by atoms with Gasteiger partial charge in [0, 0.05) is 5.56 Å². The van der Waals surface area contributed by atoms with E-state index in [-0.39, 0.29) is 4.90 Å². The van der Waals surface area contributed by atoms with Crippen LogP contribution < -0.4 is 4.83 Å². The Morgan fingerprint density at radius 1 is 1.07 bits per heavy atom. The first-order valence-electron chi connectivity index (χ1n) is 9.76. The maximum Gasteiger partial charge on any atom is 0.276 e. The SMILES string of the molecule is CCCCC(=NO)C(=NNS(=O)(=O)c1ccc(C)cc1)c1ccc(C(C)C)cc1. The lowest BCUT2D eigenvalue weighted by atomic mass is 9.97. The minimum Gasteiger partial charge on any atom is -0.411 e. The molecule has 0 atom stereocenters. The van der Waals surface area contributed by atoms with Crippen LogP contribution in [0.4, 0.5) is 0 Å². The molecule has 0 spiro atoms. The van der Waals surface area contributed by atoms with Crippen LogP contribution in [0.3, 0.4) is 0 Å². The number of nitrogens with one attached hydrogen (secondary N) is 1. The van der Waals surface area contributed by atoms with Crippen molar-refractivity contribution < 1.29 is 13.6 Å². The number of hydrogen-bond donors (Lipinski definition) is 2. The molecule has 2 aromatic rings. The summed E-state index contributed by atoms with van der Waals surface area (Å²) < 4.78 is 25.3. The molecule has 2 N–H and O–H groups in total. The first-order valence-corrected chi connectivity index (χ1v) is 11.2. The van der Waals surface area contributed by atoms with Gasteiger partial charge in [0.15, 0.2) is 0 Å². The highest BCUT2D eigenvalue weighted by Crippen LogP contribution is 2.17. The number of sulfonamides is 1. The van der Waals surface area contributed by atoms with Crippen molar-refractivity contribution in [3.63, 3.8) is 0 Å². The summed E-state index contributed by atoms with van der Waals surface area (Å²) >= 11 is 0. The lowest BCUT2D eigenvalue weighted by molar-refractivity contribution is 0.318. The zero-order valence-electron chi connectivity index (χ0n) is 17.4. The number of aryl methyl sites for hydroxylation is 1. The lowest BCUT2D eigenvalue weighted by Gasteiger charge is -2.12. The molecular weight excluding hydrogens is 386 g/mol. The molecule has 2 aromatic carbocycles. The summed E-state index contributed by atoms with van der Waals surface area (Å²) in [5.74, 6) is 0.371. The van der Waals surface area contributed by atoms with Gasteiger partial charge in [-0.15, -0.1) is 0 Å². The van der Waals surface area contributed by atoms with Gasteiger partial charge in [-0.3, -0.25) is 0 Å². The maximum absolute atomic E-state index is 12.6. The van der Waals surface area contributed by atoms with Gasteiger partial charge >= 0.3 is 0 Å². The summed E-state index contributed by atoms with van der Waals surface area (Å²) in [6.45, 7) is 8.12. The van der Waals surface area contributed by atoms with Crippen molar-refractivity contribution in [1.29, 1.82) is 0 Å². The number of rotatable bonds is 9. The molecule has 0 aliphatic rings.